The van der Waals surface area contributed by atoms with Crippen molar-refractivity contribution in [2.24, 2.45) is 0 Å². The molecule has 1 aromatic carbocycles. The Hall–Kier alpha value is -2.41. The van der Waals surface area contributed by atoms with Crippen LogP contribution in [-0.2, 0) is 12.3 Å². The van der Waals surface area contributed by atoms with Crippen molar-refractivity contribution >= 4 is 11.8 Å². The third-order valence-electron chi connectivity index (χ3n) is 3.97. The number of hydrogen-bond donors (Lipinski definition) is 0. The smallest absolute Gasteiger partial charge is 0.226 e. The Balaban J connectivity index is 1.48. The number of aromatic nitrogens is 4. The van der Waals surface area contributed by atoms with Gasteiger partial charge in [0, 0.05) is 23.8 Å². The largest absolute Gasteiger partial charge is 0.444 e. The Bertz CT molecular complexity index is 900. The Labute approximate surface area is 149 Å². The minimum Gasteiger partial charge on any atom is -0.444 e. The van der Waals surface area contributed by atoms with Crippen LogP contribution in [0.2, 0.25) is 0 Å². The maximum absolute atomic E-state index is 13.3. The summed E-state index contributed by atoms with van der Waals surface area (Å²) in [4.78, 5) is 4.43. The van der Waals surface area contributed by atoms with Gasteiger partial charge in [0.15, 0.2) is 5.16 Å². The van der Waals surface area contributed by atoms with Crippen LogP contribution in [0.15, 0.2) is 52.8 Å². The van der Waals surface area contributed by atoms with E-state index in [0.29, 0.717) is 29.7 Å². The molecular formula is C18H17FN4OS. The molecule has 1 saturated carbocycles. The summed E-state index contributed by atoms with van der Waals surface area (Å²) in [7, 11) is 0. The number of hydrogen-bond acceptors (Lipinski definition) is 5. The number of oxazole rings is 1. The highest BCUT2D eigenvalue weighted by atomic mass is 32.2. The highest BCUT2D eigenvalue weighted by Gasteiger charge is 2.30. The molecule has 2 heterocycles. The lowest BCUT2D eigenvalue weighted by Gasteiger charge is -2.05. The zero-order chi connectivity index (χ0) is 17.2. The topological polar surface area (TPSA) is 56.7 Å². The molecule has 1 aliphatic rings. The molecule has 5 nitrogen and oxygen atoms in total. The van der Waals surface area contributed by atoms with Gasteiger partial charge in [-0.25, -0.2) is 9.37 Å². The maximum atomic E-state index is 13.3. The number of thioether (sulfide) groups is 1. The molecule has 0 radical (unpaired) electrons. The van der Waals surface area contributed by atoms with E-state index in [-0.39, 0.29) is 5.82 Å². The van der Waals surface area contributed by atoms with Crippen LogP contribution in [0, 0.1) is 5.82 Å². The van der Waals surface area contributed by atoms with Crippen LogP contribution in [0.1, 0.15) is 30.3 Å². The van der Waals surface area contributed by atoms with Crippen molar-refractivity contribution in [3.05, 3.63) is 60.5 Å². The van der Waals surface area contributed by atoms with Gasteiger partial charge in [-0.05, 0) is 31.0 Å². The van der Waals surface area contributed by atoms with Crippen LogP contribution in [0.4, 0.5) is 4.39 Å². The molecule has 0 aliphatic heterocycles. The molecule has 3 aromatic rings. The quantitative estimate of drug-likeness (QED) is 0.463. The normalized spacial score (nSPS) is 14.0. The van der Waals surface area contributed by atoms with E-state index < -0.39 is 0 Å². The summed E-state index contributed by atoms with van der Waals surface area (Å²) in [5.74, 6) is 2.30. The summed E-state index contributed by atoms with van der Waals surface area (Å²) in [6.45, 7) is 4.52. The Kier molecular flexibility index (Phi) is 4.40. The predicted octanol–water partition coefficient (Wildman–Crippen LogP) is 4.43. The first kappa shape index (κ1) is 16.1. The zero-order valence-electron chi connectivity index (χ0n) is 13.6. The Morgan fingerprint density at radius 3 is 3.00 bits per heavy atom. The minimum absolute atomic E-state index is 0.309. The van der Waals surface area contributed by atoms with Crippen molar-refractivity contribution in [3.8, 4) is 11.5 Å². The molecule has 0 saturated heterocycles. The van der Waals surface area contributed by atoms with E-state index in [1.807, 2.05) is 6.08 Å². The number of nitrogens with zero attached hydrogens (tertiary/aromatic N) is 4. The van der Waals surface area contributed by atoms with E-state index in [1.54, 1.807) is 30.2 Å². The molecular weight excluding hydrogens is 339 g/mol. The van der Waals surface area contributed by atoms with Gasteiger partial charge in [-0.15, -0.1) is 16.8 Å². The molecule has 1 fully saturated rings. The minimum atomic E-state index is -0.309. The molecule has 0 N–H and O–H groups in total. The summed E-state index contributed by atoms with van der Waals surface area (Å²) in [6.07, 6.45) is 5.82. The van der Waals surface area contributed by atoms with E-state index in [9.17, 15) is 4.39 Å². The van der Waals surface area contributed by atoms with Crippen molar-refractivity contribution in [1.29, 1.82) is 0 Å². The van der Waals surface area contributed by atoms with Gasteiger partial charge in [0.1, 0.15) is 17.9 Å². The second kappa shape index (κ2) is 6.84. The Morgan fingerprint density at radius 1 is 1.36 bits per heavy atom. The highest BCUT2D eigenvalue weighted by molar-refractivity contribution is 7.98. The van der Waals surface area contributed by atoms with Crippen LogP contribution < -0.4 is 0 Å². The molecule has 7 heteroatoms. The van der Waals surface area contributed by atoms with Gasteiger partial charge in [0.05, 0.1) is 5.69 Å². The lowest BCUT2D eigenvalue weighted by Crippen LogP contribution is -2.02. The molecule has 0 spiro atoms. The third-order valence-corrected chi connectivity index (χ3v) is 4.97. The lowest BCUT2D eigenvalue weighted by molar-refractivity contribution is 0.571. The van der Waals surface area contributed by atoms with Crippen LogP contribution in [0.5, 0.6) is 0 Å². The van der Waals surface area contributed by atoms with Gasteiger partial charge in [0.25, 0.3) is 0 Å². The van der Waals surface area contributed by atoms with Gasteiger partial charge in [-0.2, -0.15) is 0 Å². The van der Waals surface area contributed by atoms with E-state index in [1.165, 1.54) is 25.0 Å². The Morgan fingerprint density at radius 2 is 2.24 bits per heavy atom. The molecule has 0 amide bonds. The summed E-state index contributed by atoms with van der Waals surface area (Å²) >= 11 is 1.56. The fourth-order valence-corrected chi connectivity index (χ4v) is 3.45. The number of rotatable bonds is 7. The number of benzene rings is 1. The van der Waals surface area contributed by atoms with Crippen molar-refractivity contribution in [2.75, 3.05) is 0 Å². The second-order valence-electron chi connectivity index (χ2n) is 5.96. The average Bonchev–Trinajstić information content (AvgIpc) is 3.20. The van der Waals surface area contributed by atoms with Crippen molar-refractivity contribution in [1.82, 2.24) is 19.7 Å². The molecule has 0 unspecified atom stereocenters. The van der Waals surface area contributed by atoms with E-state index >= 15 is 0 Å². The van der Waals surface area contributed by atoms with E-state index in [2.05, 4.69) is 26.3 Å². The van der Waals surface area contributed by atoms with Gasteiger partial charge < -0.3 is 8.98 Å². The first-order valence-electron chi connectivity index (χ1n) is 8.11. The fraction of sp³-hybridized carbons (Fsp3) is 0.278. The van der Waals surface area contributed by atoms with E-state index in [4.69, 9.17) is 4.42 Å². The highest BCUT2D eigenvalue weighted by Crippen LogP contribution is 2.40. The number of allylic oxidation sites excluding steroid dienone is 1. The molecule has 2 aromatic heterocycles. The monoisotopic (exact) mass is 356 g/mol. The van der Waals surface area contributed by atoms with Gasteiger partial charge in [-0.1, -0.05) is 23.9 Å². The van der Waals surface area contributed by atoms with Crippen molar-refractivity contribution in [3.63, 3.8) is 0 Å². The van der Waals surface area contributed by atoms with Gasteiger partial charge >= 0.3 is 0 Å². The van der Waals surface area contributed by atoms with Crippen molar-refractivity contribution < 1.29 is 8.81 Å². The average molecular weight is 356 g/mol. The summed E-state index contributed by atoms with van der Waals surface area (Å²) in [5.41, 5.74) is 1.41. The summed E-state index contributed by atoms with van der Waals surface area (Å²) in [5, 5.41) is 9.50. The standard InChI is InChI=1S/C18H17FN4OS/c1-2-8-23-16(12-6-7-12)21-22-18(23)25-11-15-10-24-17(20-15)13-4-3-5-14(19)9-13/h2-5,9-10,12H,1,6-8,11H2. The van der Waals surface area contributed by atoms with Crippen LogP contribution >= 0.6 is 11.8 Å². The van der Waals surface area contributed by atoms with Crippen molar-refractivity contribution in [2.45, 2.75) is 36.2 Å². The number of halogens is 1. The van der Waals surface area contributed by atoms with Crippen LogP contribution in [0.25, 0.3) is 11.5 Å². The molecule has 25 heavy (non-hydrogen) atoms. The fourth-order valence-electron chi connectivity index (χ4n) is 2.62. The van der Waals surface area contributed by atoms with Gasteiger partial charge in [0.2, 0.25) is 5.89 Å². The molecule has 0 atom stereocenters. The third kappa shape index (κ3) is 3.51. The maximum Gasteiger partial charge on any atom is 0.226 e. The zero-order valence-corrected chi connectivity index (χ0v) is 14.4. The summed E-state index contributed by atoms with van der Waals surface area (Å²) < 4.78 is 20.9. The van der Waals surface area contributed by atoms with Gasteiger partial charge in [-0.3, -0.25) is 0 Å². The lowest BCUT2D eigenvalue weighted by atomic mass is 10.2. The predicted molar refractivity (Wildman–Crippen MR) is 93.7 cm³/mol. The SMILES string of the molecule is C=CCn1c(SCc2coc(-c3cccc(F)c3)n2)nnc1C1CC1. The van der Waals surface area contributed by atoms with Crippen LogP contribution in [-0.4, -0.2) is 19.7 Å². The first-order chi connectivity index (χ1) is 12.2. The summed E-state index contributed by atoms with van der Waals surface area (Å²) in [6, 6.07) is 6.22. The molecule has 4 rings (SSSR count). The first-order valence-corrected chi connectivity index (χ1v) is 9.10. The molecule has 128 valence electrons. The molecule has 1 aliphatic carbocycles. The van der Waals surface area contributed by atoms with E-state index in [0.717, 1.165) is 16.7 Å². The second-order valence-corrected chi connectivity index (χ2v) is 6.90. The molecule has 0 bridgehead atoms. The van der Waals surface area contributed by atoms with Crippen LogP contribution in [0.3, 0.4) is 0 Å².